The van der Waals surface area contributed by atoms with Crippen LogP contribution in [0.15, 0.2) is 42.5 Å². The van der Waals surface area contributed by atoms with Crippen LogP contribution in [0.3, 0.4) is 0 Å². The lowest BCUT2D eigenvalue weighted by Gasteiger charge is -2.10. The first-order valence-electron chi connectivity index (χ1n) is 6.16. The van der Waals surface area contributed by atoms with E-state index in [-0.39, 0.29) is 5.78 Å². The van der Waals surface area contributed by atoms with Gasteiger partial charge in [-0.2, -0.15) is 0 Å². The van der Waals surface area contributed by atoms with Crippen LogP contribution in [0.1, 0.15) is 22.8 Å². The molecule has 0 aliphatic rings. The molecule has 0 spiro atoms. The van der Waals surface area contributed by atoms with Gasteiger partial charge in [-0.05, 0) is 36.8 Å². The van der Waals surface area contributed by atoms with E-state index in [0.717, 1.165) is 5.56 Å². The van der Waals surface area contributed by atoms with Crippen LogP contribution in [0, 0.1) is 0 Å². The van der Waals surface area contributed by atoms with Crippen molar-refractivity contribution in [1.29, 1.82) is 0 Å². The van der Waals surface area contributed by atoms with Gasteiger partial charge in [-0.15, -0.1) is 0 Å². The van der Waals surface area contributed by atoms with E-state index in [2.05, 4.69) is 0 Å². The Labute approximate surface area is 123 Å². The van der Waals surface area contributed by atoms with E-state index in [0.29, 0.717) is 28.7 Å². The molecule has 2 rings (SSSR count). The minimum Gasteiger partial charge on any atom is -0.496 e. The molecule has 3 nitrogen and oxygen atoms in total. The van der Waals surface area contributed by atoms with Crippen LogP contribution >= 0.6 is 11.6 Å². The average Bonchev–Trinajstić information content (AvgIpc) is 2.44. The van der Waals surface area contributed by atoms with Crippen molar-refractivity contribution < 1.29 is 14.3 Å². The second kappa shape index (κ2) is 6.44. The third-order valence-corrected chi connectivity index (χ3v) is 3.08. The molecule has 4 heteroatoms. The number of rotatable bonds is 5. The largest absolute Gasteiger partial charge is 0.496 e. The maximum atomic E-state index is 11.4. The molecule has 20 heavy (non-hydrogen) atoms. The van der Waals surface area contributed by atoms with Gasteiger partial charge in [0, 0.05) is 11.1 Å². The molecule has 0 aromatic heterocycles. The highest BCUT2D eigenvalue weighted by Gasteiger charge is 2.09. The molecule has 0 unspecified atom stereocenters. The summed E-state index contributed by atoms with van der Waals surface area (Å²) >= 11 is 5.92. The molecule has 2 aromatic rings. The number of ether oxygens (including phenoxy) is 2. The minimum atomic E-state index is -0.0387. The molecule has 104 valence electrons. The SMILES string of the molecule is COc1cc(OCc2cccc(Cl)c2)ccc1C(C)=O. The Bertz CT molecular complexity index is 623. The normalized spacial score (nSPS) is 10.2. The predicted octanol–water partition coefficient (Wildman–Crippen LogP) is 4.13. The van der Waals surface area contributed by atoms with Crippen molar-refractivity contribution in [3.63, 3.8) is 0 Å². The first-order chi connectivity index (χ1) is 9.60. The van der Waals surface area contributed by atoms with E-state index in [9.17, 15) is 4.79 Å². The fraction of sp³-hybridized carbons (Fsp3) is 0.188. The molecule has 0 bridgehead atoms. The maximum absolute atomic E-state index is 11.4. The summed E-state index contributed by atoms with van der Waals surface area (Å²) in [6, 6.07) is 12.6. The van der Waals surface area contributed by atoms with Gasteiger partial charge in [0.15, 0.2) is 5.78 Å². The summed E-state index contributed by atoms with van der Waals surface area (Å²) in [7, 11) is 1.53. The van der Waals surface area contributed by atoms with Gasteiger partial charge in [0.2, 0.25) is 0 Å². The number of carbonyl (C=O) groups is 1. The van der Waals surface area contributed by atoms with Gasteiger partial charge >= 0.3 is 0 Å². The molecule has 0 aliphatic carbocycles. The van der Waals surface area contributed by atoms with E-state index >= 15 is 0 Å². The average molecular weight is 291 g/mol. The van der Waals surface area contributed by atoms with Crippen molar-refractivity contribution in [2.75, 3.05) is 7.11 Å². The van der Waals surface area contributed by atoms with Crippen molar-refractivity contribution >= 4 is 17.4 Å². The number of hydrogen-bond donors (Lipinski definition) is 0. The molecule has 0 radical (unpaired) electrons. The van der Waals surface area contributed by atoms with E-state index in [4.69, 9.17) is 21.1 Å². The number of methoxy groups -OCH3 is 1. The van der Waals surface area contributed by atoms with Crippen molar-refractivity contribution in [2.45, 2.75) is 13.5 Å². The molecule has 0 heterocycles. The molecule has 0 saturated carbocycles. The van der Waals surface area contributed by atoms with Crippen LogP contribution in [0.2, 0.25) is 5.02 Å². The lowest BCUT2D eigenvalue weighted by molar-refractivity contribution is 0.101. The number of halogens is 1. The highest BCUT2D eigenvalue weighted by molar-refractivity contribution is 6.30. The number of hydrogen-bond acceptors (Lipinski definition) is 3. The van der Waals surface area contributed by atoms with Gasteiger partial charge in [-0.25, -0.2) is 0 Å². The number of ketones is 1. The van der Waals surface area contributed by atoms with Crippen molar-refractivity contribution in [1.82, 2.24) is 0 Å². The standard InChI is InChI=1S/C16H15ClO3/c1-11(18)15-7-6-14(9-16(15)19-2)20-10-12-4-3-5-13(17)8-12/h3-9H,10H2,1-2H3. The molecular weight excluding hydrogens is 276 g/mol. The third-order valence-electron chi connectivity index (χ3n) is 2.85. The van der Waals surface area contributed by atoms with Gasteiger partial charge in [0.05, 0.1) is 12.7 Å². The number of benzene rings is 2. The first kappa shape index (κ1) is 14.4. The zero-order valence-corrected chi connectivity index (χ0v) is 12.1. The number of carbonyl (C=O) groups excluding carboxylic acids is 1. The maximum Gasteiger partial charge on any atom is 0.163 e. The summed E-state index contributed by atoms with van der Waals surface area (Å²) in [6.45, 7) is 1.91. The number of Topliss-reactive ketones (excluding diaryl/α,β-unsaturated/α-hetero) is 1. The van der Waals surface area contributed by atoms with Crippen LogP contribution in [-0.2, 0) is 6.61 Å². The van der Waals surface area contributed by atoms with E-state index in [1.165, 1.54) is 14.0 Å². The van der Waals surface area contributed by atoms with Crippen molar-refractivity contribution in [2.24, 2.45) is 0 Å². The van der Waals surface area contributed by atoms with Gasteiger partial charge < -0.3 is 9.47 Å². The monoisotopic (exact) mass is 290 g/mol. The highest BCUT2D eigenvalue weighted by atomic mass is 35.5. The van der Waals surface area contributed by atoms with Crippen molar-refractivity contribution in [3.05, 3.63) is 58.6 Å². The van der Waals surface area contributed by atoms with Crippen LogP contribution in [0.4, 0.5) is 0 Å². The molecule has 0 N–H and O–H groups in total. The minimum absolute atomic E-state index is 0.0387. The Morgan fingerprint density at radius 3 is 2.65 bits per heavy atom. The van der Waals surface area contributed by atoms with E-state index in [1.54, 1.807) is 18.2 Å². The summed E-state index contributed by atoms with van der Waals surface area (Å²) in [5.41, 5.74) is 1.52. The van der Waals surface area contributed by atoms with Gasteiger partial charge in [-0.1, -0.05) is 23.7 Å². The van der Waals surface area contributed by atoms with E-state index < -0.39 is 0 Å². The second-order valence-corrected chi connectivity index (χ2v) is 4.77. The van der Waals surface area contributed by atoms with Crippen LogP contribution in [0.25, 0.3) is 0 Å². The van der Waals surface area contributed by atoms with Crippen LogP contribution in [-0.4, -0.2) is 12.9 Å². The quantitative estimate of drug-likeness (QED) is 0.777. The predicted molar refractivity (Wildman–Crippen MR) is 78.8 cm³/mol. The first-order valence-corrected chi connectivity index (χ1v) is 6.54. The summed E-state index contributed by atoms with van der Waals surface area (Å²) in [5, 5.41) is 0.676. The zero-order chi connectivity index (χ0) is 14.5. The summed E-state index contributed by atoms with van der Waals surface area (Å²) in [5.74, 6) is 1.12. The third kappa shape index (κ3) is 3.52. The highest BCUT2D eigenvalue weighted by Crippen LogP contribution is 2.25. The summed E-state index contributed by atoms with van der Waals surface area (Å²) in [6.07, 6.45) is 0. The summed E-state index contributed by atoms with van der Waals surface area (Å²) in [4.78, 5) is 11.4. The smallest absolute Gasteiger partial charge is 0.163 e. The molecule has 0 amide bonds. The summed E-state index contributed by atoms with van der Waals surface area (Å²) < 4.78 is 10.9. The van der Waals surface area contributed by atoms with E-state index in [1.807, 2.05) is 24.3 Å². The van der Waals surface area contributed by atoms with Gasteiger partial charge in [0.1, 0.15) is 18.1 Å². The fourth-order valence-electron chi connectivity index (χ4n) is 1.85. The Hall–Kier alpha value is -2.00. The Morgan fingerprint density at radius 1 is 1.20 bits per heavy atom. The Kier molecular flexibility index (Phi) is 4.64. The lowest BCUT2D eigenvalue weighted by atomic mass is 10.1. The van der Waals surface area contributed by atoms with Crippen molar-refractivity contribution in [3.8, 4) is 11.5 Å². The Morgan fingerprint density at radius 2 is 2.00 bits per heavy atom. The molecule has 0 fully saturated rings. The lowest BCUT2D eigenvalue weighted by Crippen LogP contribution is -2.00. The zero-order valence-electron chi connectivity index (χ0n) is 11.4. The topological polar surface area (TPSA) is 35.5 Å². The Balaban J connectivity index is 2.12. The molecule has 0 atom stereocenters. The second-order valence-electron chi connectivity index (χ2n) is 4.34. The molecule has 0 saturated heterocycles. The molecular formula is C16H15ClO3. The van der Waals surface area contributed by atoms with Crippen LogP contribution in [0.5, 0.6) is 11.5 Å². The molecule has 0 aliphatic heterocycles. The molecule has 2 aromatic carbocycles. The van der Waals surface area contributed by atoms with Gasteiger partial charge in [-0.3, -0.25) is 4.79 Å². The van der Waals surface area contributed by atoms with Gasteiger partial charge in [0.25, 0.3) is 0 Å². The fourth-order valence-corrected chi connectivity index (χ4v) is 2.06. The van der Waals surface area contributed by atoms with Crippen LogP contribution < -0.4 is 9.47 Å².